The van der Waals surface area contributed by atoms with Gasteiger partial charge < -0.3 is 9.55 Å². The molecule has 0 aromatic carbocycles. The van der Waals surface area contributed by atoms with Crippen molar-refractivity contribution in [2.75, 3.05) is 0 Å². The number of hydrogen-bond donors (Lipinski definition) is 2. The quantitative estimate of drug-likeness (QED) is 0.442. The van der Waals surface area contributed by atoms with Gasteiger partial charge in [0.1, 0.15) is 11.8 Å². The second-order valence-electron chi connectivity index (χ2n) is 4.51. The van der Waals surface area contributed by atoms with Crippen molar-refractivity contribution in [2.45, 2.75) is 0 Å². The van der Waals surface area contributed by atoms with Crippen molar-refractivity contribution >= 4 is 22.3 Å². The summed E-state index contributed by atoms with van der Waals surface area (Å²) < 4.78 is 2.59. The average Bonchev–Trinajstić information content (AvgIpc) is 3.12. The van der Waals surface area contributed by atoms with Gasteiger partial charge in [-0.05, 0) is 0 Å². The van der Waals surface area contributed by atoms with Crippen LogP contribution in [-0.4, -0.2) is 39.0 Å². The number of imidazole rings is 2. The Balaban J connectivity index is 0.000000139. The predicted octanol–water partition coefficient (Wildman–Crippen LogP) is -0.687. The Labute approximate surface area is 122 Å². The van der Waals surface area contributed by atoms with Crippen molar-refractivity contribution in [3.8, 4) is 0 Å². The molecule has 4 aromatic heterocycles. The first kappa shape index (κ1) is 13.7. The number of aryl methyl sites for hydroxylation is 1. The highest BCUT2D eigenvalue weighted by Gasteiger charge is 2.07. The zero-order chi connectivity index (χ0) is 15.7. The molecule has 4 rings (SSSR count). The lowest BCUT2D eigenvalue weighted by molar-refractivity contribution is 0.783. The van der Waals surface area contributed by atoms with Crippen LogP contribution in [0.3, 0.4) is 0 Å². The van der Waals surface area contributed by atoms with Crippen molar-refractivity contribution in [3.63, 3.8) is 0 Å². The Bertz CT molecular complexity index is 1020. The van der Waals surface area contributed by atoms with Crippen LogP contribution in [0.2, 0.25) is 0 Å². The van der Waals surface area contributed by atoms with E-state index < -0.39 is 5.69 Å². The average molecular weight is 300 g/mol. The van der Waals surface area contributed by atoms with Gasteiger partial charge in [0, 0.05) is 14.1 Å². The molecule has 2 N–H and O–H groups in total. The highest BCUT2D eigenvalue weighted by molar-refractivity contribution is 5.68. The van der Waals surface area contributed by atoms with E-state index in [1.807, 2.05) is 0 Å². The Kier molecular flexibility index (Phi) is 3.26. The SMILES string of the molecule is Cn1c(=O)[nH]c2ncn(C)c2c1=O.c1ncc2[nH]cnc2n1. The maximum Gasteiger partial charge on any atom is 0.329 e. The number of nitrogens with zero attached hydrogens (tertiary/aromatic N) is 6. The number of rotatable bonds is 0. The van der Waals surface area contributed by atoms with Gasteiger partial charge in [0.25, 0.3) is 5.56 Å². The van der Waals surface area contributed by atoms with E-state index in [9.17, 15) is 9.59 Å². The fourth-order valence-electron chi connectivity index (χ4n) is 1.90. The van der Waals surface area contributed by atoms with Gasteiger partial charge in [-0.15, -0.1) is 0 Å². The lowest BCUT2D eigenvalue weighted by Crippen LogP contribution is -2.33. The molecule has 0 bridgehead atoms. The zero-order valence-electron chi connectivity index (χ0n) is 11.8. The highest BCUT2D eigenvalue weighted by Crippen LogP contribution is 1.99. The van der Waals surface area contributed by atoms with E-state index in [1.165, 1.54) is 19.7 Å². The van der Waals surface area contributed by atoms with Crippen LogP contribution in [0.25, 0.3) is 22.3 Å². The summed E-state index contributed by atoms with van der Waals surface area (Å²) in [7, 11) is 3.13. The summed E-state index contributed by atoms with van der Waals surface area (Å²) in [6.45, 7) is 0. The molecule has 4 heterocycles. The van der Waals surface area contributed by atoms with E-state index in [0.29, 0.717) is 16.8 Å². The Hall–Kier alpha value is -3.30. The minimum absolute atomic E-state index is 0.329. The van der Waals surface area contributed by atoms with Crippen molar-refractivity contribution in [2.24, 2.45) is 14.1 Å². The van der Waals surface area contributed by atoms with Crippen LogP contribution >= 0.6 is 0 Å². The maximum atomic E-state index is 11.5. The van der Waals surface area contributed by atoms with E-state index in [2.05, 4.69) is 29.9 Å². The zero-order valence-corrected chi connectivity index (χ0v) is 11.8. The summed E-state index contributed by atoms with van der Waals surface area (Å²) >= 11 is 0. The molecule has 0 aliphatic carbocycles. The molecule has 22 heavy (non-hydrogen) atoms. The van der Waals surface area contributed by atoms with Crippen LogP contribution in [0.1, 0.15) is 0 Å². The van der Waals surface area contributed by atoms with Crippen molar-refractivity contribution in [1.82, 2.24) is 39.0 Å². The summed E-state index contributed by atoms with van der Waals surface area (Å²) in [5.41, 5.74) is 1.54. The maximum absolute atomic E-state index is 11.5. The summed E-state index contributed by atoms with van der Waals surface area (Å²) in [4.78, 5) is 43.5. The fraction of sp³-hybridized carbons (Fsp3) is 0.167. The summed E-state index contributed by atoms with van der Waals surface area (Å²) in [6.07, 6.45) is 6.25. The molecule has 4 aromatic rings. The number of aromatic amines is 2. The van der Waals surface area contributed by atoms with E-state index in [-0.39, 0.29) is 5.56 Å². The third kappa shape index (κ3) is 2.26. The molecule has 0 saturated carbocycles. The fourth-order valence-corrected chi connectivity index (χ4v) is 1.90. The molecular formula is C12H12N8O2. The largest absolute Gasteiger partial charge is 0.342 e. The van der Waals surface area contributed by atoms with Crippen LogP contribution < -0.4 is 11.2 Å². The first-order valence-electron chi connectivity index (χ1n) is 6.27. The molecule has 0 amide bonds. The normalized spacial score (nSPS) is 10.6. The predicted molar refractivity (Wildman–Crippen MR) is 78.3 cm³/mol. The number of nitrogens with one attached hydrogen (secondary N) is 2. The Morgan fingerprint density at radius 1 is 1.14 bits per heavy atom. The van der Waals surface area contributed by atoms with E-state index in [4.69, 9.17) is 0 Å². The molecule has 0 atom stereocenters. The van der Waals surface area contributed by atoms with Gasteiger partial charge in [-0.2, -0.15) is 0 Å². The van der Waals surface area contributed by atoms with E-state index in [1.54, 1.807) is 24.1 Å². The van der Waals surface area contributed by atoms with Crippen molar-refractivity contribution in [3.05, 3.63) is 46.0 Å². The first-order chi connectivity index (χ1) is 10.6. The van der Waals surface area contributed by atoms with Crippen LogP contribution in [0.5, 0.6) is 0 Å². The lowest BCUT2D eigenvalue weighted by atomic mass is 10.5. The van der Waals surface area contributed by atoms with Gasteiger partial charge in [-0.3, -0.25) is 14.3 Å². The minimum Gasteiger partial charge on any atom is -0.342 e. The van der Waals surface area contributed by atoms with Gasteiger partial charge in [-0.1, -0.05) is 0 Å². The van der Waals surface area contributed by atoms with Crippen LogP contribution in [0.15, 0.2) is 34.8 Å². The molecule has 0 aliphatic rings. The smallest absolute Gasteiger partial charge is 0.329 e. The standard InChI is InChI=1S/C7H8N4O2.C5H4N4/c1-10-3-8-5-4(10)6(12)11(2)7(13)9-5;1-4-5(8-2-6-1)9-3-7-4/h3H,1-2H3,(H,9,13);1-3H,(H,6,7,8,9). The second kappa shape index (κ2) is 5.24. The minimum atomic E-state index is -0.448. The molecule has 10 heteroatoms. The van der Waals surface area contributed by atoms with Crippen LogP contribution in [-0.2, 0) is 14.1 Å². The number of H-pyrrole nitrogens is 2. The molecule has 0 saturated heterocycles. The van der Waals surface area contributed by atoms with Gasteiger partial charge >= 0.3 is 5.69 Å². The molecule has 0 unspecified atom stereocenters. The van der Waals surface area contributed by atoms with Crippen molar-refractivity contribution in [1.29, 1.82) is 0 Å². The second-order valence-corrected chi connectivity index (χ2v) is 4.51. The number of aromatic nitrogens is 8. The summed E-state index contributed by atoms with van der Waals surface area (Å²) in [6, 6.07) is 0. The summed E-state index contributed by atoms with van der Waals surface area (Å²) in [5.74, 6) is 0. The molecule has 112 valence electrons. The lowest BCUT2D eigenvalue weighted by Gasteiger charge is -1.96. The van der Waals surface area contributed by atoms with Gasteiger partial charge in [-0.25, -0.2) is 24.7 Å². The molecule has 0 fully saturated rings. The molecular weight excluding hydrogens is 288 g/mol. The number of fused-ring (bicyclic) bond motifs is 2. The third-order valence-electron chi connectivity index (χ3n) is 3.07. The van der Waals surface area contributed by atoms with Crippen molar-refractivity contribution < 1.29 is 0 Å². The first-order valence-corrected chi connectivity index (χ1v) is 6.27. The Morgan fingerprint density at radius 2 is 1.95 bits per heavy atom. The Morgan fingerprint density at radius 3 is 2.73 bits per heavy atom. The molecule has 0 radical (unpaired) electrons. The summed E-state index contributed by atoms with van der Waals surface area (Å²) in [5, 5.41) is 0. The van der Waals surface area contributed by atoms with Gasteiger partial charge in [0.15, 0.2) is 16.8 Å². The third-order valence-corrected chi connectivity index (χ3v) is 3.07. The van der Waals surface area contributed by atoms with Gasteiger partial charge in [0.05, 0.1) is 18.9 Å². The molecule has 10 nitrogen and oxygen atoms in total. The topological polar surface area (TPSA) is 127 Å². The number of hydrogen-bond acceptors (Lipinski definition) is 6. The monoisotopic (exact) mass is 300 g/mol. The molecule has 0 spiro atoms. The van der Waals surface area contributed by atoms with Crippen LogP contribution in [0, 0.1) is 0 Å². The highest BCUT2D eigenvalue weighted by atomic mass is 16.2. The molecule has 0 aliphatic heterocycles. The van der Waals surface area contributed by atoms with Gasteiger partial charge in [0.2, 0.25) is 0 Å². The van der Waals surface area contributed by atoms with E-state index >= 15 is 0 Å². The van der Waals surface area contributed by atoms with E-state index in [0.717, 1.165) is 10.1 Å². The van der Waals surface area contributed by atoms with Crippen LogP contribution in [0.4, 0.5) is 0 Å².